The first kappa shape index (κ1) is 15.8. The van der Waals surface area contributed by atoms with E-state index in [0.29, 0.717) is 5.92 Å². The van der Waals surface area contributed by atoms with Crippen LogP contribution >= 0.6 is 0 Å². The number of hydrogen-bond donors (Lipinski definition) is 0. The SMILES string of the molecule is CCC1CCC(C(=O)Oc2ccc(C(F)(F)F)nc2)CC1. The summed E-state index contributed by atoms with van der Waals surface area (Å²) in [4.78, 5) is 15.2. The molecule has 3 nitrogen and oxygen atoms in total. The average molecular weight is 301 g/mol. The van der Waals surface area contributed by atoms with E-state index in [1.165, 1.54) is 0 Å². The van der Waals surface area contributed by atoms with Gasteiger partial charge in [0, 0.05) is 0 Å². The second-order valence-corrected chi connectivity index (χ2v) is 5.42. The lowest BCUT2D eigenvalue weighted by molar-refractivity contribution is -0.141. The molecule has 6 heteroatoms. The molecule has 1 heterocycles. The van der Waals surface area contributed by atoms with Crippen LogP contribution in [0.2, 0.25) is 0 Å². The molecule has 0 aliphatic heterocycles. The summed E-state index contributed by atoms with van der Waals surface area (Å²) in [5, 5.41) is 0. The van der Waals surface area contributed by atoms with Crippen molar-refractivity contribution in [3.05, 3.63) is 24.0 Å². The van der Waals surface area contributed by atoms with E-state index in [4.69, 9.17) is 4.74 Å². The molecular formula is C15H18F3NO2. The van der Waals surface area contributed by atoms with Gasteiger partial charge in [0.15, 0.2) is 0 Å². The lowest BCUT2D eigenvalue weighted by Gasteiger charge is -2.26. The second-order valence-electron chi connectivity index (χ2n) is 5.42. The summed E-state index contributed by atoms with van der Waals surface area (Å²) in [6, 6.07) is 1.95. The smallest absolute Gasteiger partial charge is 0.425 e. The molecule has 1 aromatic heterocycles. The number of esters is 1. The van der Waals surface area contributed by atoms with E-state index in [1.54, 1.807) is 0 Å². The van der Waals surface area contributed by atoms with Crippen LogP contribution in [0.5, 0.6) is 5.75 Å². The molecule has 0 amide bonds. The monoisotopic (exact) mass is 301 g/mol. The lowest BCUT2D eigenvalue weighted by atomic mass is 9.81. The van der Waals surface area contributed by atoms with Gasteiger partial charge in [0.05, 0.1) is 12.1 Å². The minimum absolute atomic E-state index is 0.0608. The van der Waals surface area contributed by atoms with Crippen molar-refractivity contribution in [2.24, 2.45) is 11.8 Å². The molecule has 0 radical (unpaired) electrons. The zero-order valence-electron chi connectivity index (χ0n) is 11.8. The number of ether oxygens (including phenoxy) is 1. The maximum atomic E-state index is 12.4. The molecule has 116 valence electrons. The third kappa shape index (κ3) is 4.19. The fourth-order valence-electron chi connectivity index (χ4n) is 2.61. The maximum Gasteiger partial charge on any atom is 0.433 e. The molecule has 0 saturated heterocycles. The summed E-state index contributed by atoms with van der Waals surface area (Å²) in [5.74, 6) is 0.202. The first-order chi connectivity index (χ1) is 9.90. The van der Waals surface area contributed by atoms with Gasteiger partial charge in [-0.15, -0.1) is 0 Å². The summed E-state index contributed by atoms with van der Waals surface area (Å²) in [6.45, 7) is 2.14. The number of carbonyl (C=O) groups excluding carboxylic acids is 1. The Balaban J connectivity index is 1.91. The number of halogens is 3. The van der Waals surface area contributed by atoms with E-state index >= 15 is 0 Å². The third-order valence-corrected chi connectivity index (χ3v) is 4.00. The van der Waals surface area contributed by atoms with E-state index in [2.05, 4.69) is 11.9 Å². The van der Waals surface area contributed by atoms with Gasteiger partial charge in [-0.3, -0.25) is 4.79 Å². The molecule has 1 aliphatic rings. The number of nitrogens with zero attached hydrogens (tertiary/aromatic N) is 1. The van der Waals surface area contributed by atoms with Gasteiger partial charge in [0.2, 0.25) is 0 Å². The van der Waals surface area contributed by atoms with Crippen molar-refractivity contribution >= 4 is 5.97 Å². The number of aromatic nitrogens is 1. The van der Waals surface area contributed by atoms with Gasteiger partial charge in [-0.2, -0.15) is 13.2 Å². The molecule has 1 fully saturated rings. The number of carbonyl (C=O) groups is 1. The van der Waals surface area contributed by atoms with Crippen molar-refractivity contribution < 1.29 is 22.7 Å². The van der Waals surface area contributed by atoms with Gasteiger partial charge >= 0.3 is 12.1 Å². The predicted molar refractivity (Wildman–Crippen MR) is 70.6 cm³/mol. The van der Waals surface area contributed by atoms with Crippen molar-refractivity contribution in [3.8, 4) is 5.75 Å². The van der Waals surface area contributed by atoms with Crippen molar-refractivity contribution in [3.63, 3.8) is 0 Å². The number of hydrogen-bond acceptors (Lipinski definition) is 3. The van der Waals surface area contributed by atoms with Gasteiger partial charge in [-0.25, -0.2) is 4.98 Å². The van der Waals surface area contributed by atoms with Crippen LogP contribution in [0.4, 0.5) is 13.2 Å². The zero-order valence-corrected chi connectivity index (χ0v) is 11.8. The number of alkyl halides is 3. The minimum atomic E-state index is -4.49. The van der Waals surface area contributed by atoms with Gasteiger partial charge < -0.3 is 4.74 Å². The highest BCUT2D eigenvalue weighted by Crippen LogP contribution is 2.32. The summed E-state index contributed by atoms with van der Waals surface area (Å²) < 4.78 is 42.2. The number of pyridine rings is 1. The first-order valence-corrected chi connectivity index (χ1v) is 7.15. The van der Waals surface area contributed by atoms with E-state index in [0.717, 1.165) is 50.4 Å². The van der Waals surface area contributed by atoms with Gasteiger partial charge in [0.1, 0.15) is 11.4 Å². The second kappa shape index (κ2) is 6.45. The Morgan fingerprint density at radius 1 is 1.29 bits per heavy atom. The van der Waals surface area contributed by atoms with Crippen molar-refractivity contribution in [1.82, 2.24) is 4.98 Å². The molecule has 0 bridgehead atoms. The number of rotatable bonds is 3. The quantitative estimate of drug-likeness (QED) is 0.785. The van der Waals surface area contributed by atoms with Crippen LogP contribution in [0, 0.1) is 11.8 Å². The molecular weight excluding hydrogens is 283 g/mol. The van der Waals surface area contributed by atoms with Gasteiger partial charge in [-0.1, -0.05) is 13.3 Å². The molecule has 1 saturated carbocycles. The highest BCUT2D eigenvalue weighted by molar-refractivity contribution is 5.75. The Hall–Kier alpha value is -1.59. The molecule has 0 N–H and O–H groups in total. The van der Waals surface area contributed by atoms with Crippen LogP contribution in [0.3, 0.4) is 0 Å². The van der Waals surface area contributed by atoms with Crippen LogP contribution in [0.25, 0.3) is 0 Å². The topological polar surface area (TPSA) is 39.2 Å². The fraction of sp³-hybridized carbons (Fsp3) is 0.600. The molecule has 1 aliphatic carbocycles. The first-order valence-electron chi connectivity index (χ1n) is 7.15. The minimum Gasteiger partial charge on any atom is -0.425 e. The van der Waals surface area contributed by atoms with Crippen LogP contribution in [0.1, 0.15) is 44.7 Å². The summed E-state index contributed by atoms with van der Waals surface area (Å²) >= 11 is 0. The van der Waals surface area contributed by atoms with E-state index in [-0.39, 0.29) is 17.6 Å². The van der Waals surface area contributed by atoms with Crippen LogP contribution in [-0.4, -0.2) is 11.0 Å². The van der Waals surface area contributed by atoms with Crippen LogP contribution in [-0.2, 0) is 11.0 Å². The van der Waals surface area contributed by atoms with E-state index < -0.39 is 11.9 Å². The third-order valence-electron chi connectivity index (χ3n) is 4.00. The molecule has 2 rings (SSSR count). The Morgan fingerprint density at radius 2 is 1.95 bits per heavy atom. The molecule has 0 unspecified atom stereocenters. The van der Waals surface area contributed by atoms with Crippen molar-refractivity contribution in [1.29, 1.82) is 0 Å². The Labute approximate surface area is 121 Å². The predicted octanol–water partition coefficient (Wildman–Crippen LogP) is 4.22. The Morgan fingerprint density at radius 3 is 2.43 bits per heavy atom. The van der Waals surface area contributed by atoms with Crippen LogP contribution < -0.4 is 4.74 Å². The van der Waals surface area contributed by atoms with Crippen LogP contribution in [0.15, 0.2) is 18.3 Å². The average Bonchev–Trinajstić information content (AvgIpc) is 2.47. The molecule has 0 atom stereocenters. The zero-order chi connectivity index (χ0) is 15.5. The Kier molecular flexibility index (Phi) is 4.85. The molecule has 0 spiro atoms. The van der Waals surface area contributed by atoms with Gasteiger partial charge in [0.25, 0.3) is 0 Å². The summed E-state index contributed by atoms with van der Waals surface area (Å²) in [5.41, 5.74) is -0.995. The standard InChI is InChI=1S/C15H18F3NO2/c1-2-10-3-5-11(6-4-10)14(20)21-12-7-8-13(19-9-12)15(16,17)18/h7-11H,2-6H2,1H3. The fourth-order valence-corrected chi connectivity index (χ4v) is 2.61. The molecule has 21 heavy (non-hydrogen) atoms. The van der Waals surface area contributed by atoms with E-state index in [9.17, 15) is 18.0 Å². The largest absolute Gasteiger partial charge is 0.433 e. The van der Waals surface area contributed by atoms with Crippen molar-refractivity contribution in [2.75, 3.05) is 0 Å². The highest BCUT2D eigenvalue weighted by Gasteiger charge is 2.32. The normalized spacial score (nSPS) is 22.9. The Bertz CT molecular complexity index is 477. The maximum absolute atomic E-state index is 12.4. The molecule has 1 aromatic rings. The molecule has 0 aromatic carbocycles. The summed E-state index contributed by atoms with van der Waals surface area (Å²) in [6.07, 6.45) is 1.14. The lowest BCUT2D eigenvalue weighted by Crippen LogP contribution is -2.25. The van der Waals surface area contributed by atoms with Crippen molar-refractivity contribution in [2.45, 2.75) is 45.2 Å². The summed E-state index contributed by atoms with van der Waals surface area (Å²) in [7, 11) is 0. The van der Waals surface area contributed by atoms with Gasteiger partial charge in [-0.05, 0) is 43.7 Å². The van der Waals surface area contributed by atoms with E-state index in [1.807, 2.05) is 0 Å². The highest BCUT2D eigenvalue weighted by atomic mass is 19.4.